The lowest BCUT2D eigenvalue weighted by atomic mass is 9.95. The van der Waals surface area contributed by atoms with Gasteiger partial charge in [0.05, 0.1) is 38.1 Å². The molecule has 3 aromatic rings. The van der Waals surface area contributed by atoms with Gasteiger partial charge in [-0.1, -0.05) is 18.2 Å². The van der Waals surface area contributed by atoms with Crippen molar-refractivity contribution in [2.45, 2.75) is 32.6 Å². The minimum absolute atomic E-state index is 0.260. The van der Waals surface area contributed by atoms with E-state index in [2.05, 4.69) is 5.32 Å². The van der Waals surface area contributed by atoms with Gasteiger partial charge in [0.2, 0.25) is 0 Å². The zero-order valence-electron chi connectivity index (χ0n) is 19.8. The summed E-state index contributed by atoms with van der Waals surface area (Å²) >= 11 is 1.20. The minimum atomic E-state index is -0.660. The zero-order valence-corrected chi connectivity index (χ0v) is 20.6. The Bertz CT molecular complexity index is 1230. The monoisotopic (exact) mass is 498 g/mol. The molecule has 0 spiro atoms. The van der Waals surface area contributed by atoms with Crippen LogP contribution in [0.25, 0.3) is 0 Å². The van der Waals surface area contributed by atoms with E-state index in [-0.39, 0.29) is 18.5 Å². The Morgan fingerprint density at radius 1 is 1.20 bits per heavy atom. The van der Waals surface area contributed by atoms with Crippen molar-refractivity contribution in [3.8, 4) is 5.75 Å². The number of fused-ring (bicyclic) bond motifs is 1. The Kier molecular flexibility index (Phi) is 7.37. The number of anilines is 1. The molecule has 9 heteroatoms. The van der Waals surface area contributed by atoms with Crippen LogP contribution >= 0.6 is 11.3 Å². The lowest BCUT2D eigenvalue weighted by Crippen LogP contribution is -2.36. The number of nitrogens with zero attached hydrogens (tertiary/aromatic N) is 1. The van der Waals surface area contributed by atoms with Crippen molar-refractivity contribution in [3.05, 3.63) is 81.3 Å². The van der Waals surface area contributed by atoms with E-state index in [4.69, 9.17) is 14.2 Å². The molecule has 0 unspecified atom stereocenters. The SMILES string of the molecule is COC(=O)c1sccc1NC(=O)N1CCOc2ccc(C(C)(C)OCc3cccc(F)c3)cc2C1. The molecule has 2 amide bonds. The molecule has 0 saturated heterocycles. The number of hydrogen-bond acceptors (Lipinski definition) is 6. The maximum atomic E-state index is 13.5. The highest BCUT2D eigenvalue weighted by Crippen LogP contribution is 2.32. The Morgan fingerprint density at radius 2 is 2.03 bits per heavy atom. The Balaban J connectivity index is 1.48. The summed E-state index contributed by atoms with van der Waals surface area (Å²) < 4.78 is 30.3. The lowest BCUT2D eigenvalue weighted by molar-refractivity contribution is -0.0338. The van der Waals surface area contributed by atoms with Crippen LogP contribution in [-0.4, -0.2) is 37.2 Å². The van der Waals surface area contributed by atoms with Crippen LogP contribution in [0, 0.1) is 5.82 Å². The number of thiophene rings is 1. The van der Waals surface area contributed by atoms with Gasteiger partial charge in [-0.05, 0) is 60.7 Å². The third kappa shape index (κ3) is 5.80. The van der Waals surface area contributed by atoms with E-state index < -0.39 is 11.6 Å². The lowest BCUT2D eigenvalue weighted by Gasteiger charge is -2.27. The van der Waals surface area contributed by atoms with Crippen molar-refractivity contribution in [3.63, 3.8) is 0 Å². The normalized spacial score (nSPS) is 13.4. The second-order valence-corrected chi connectivity index (χ2v) is 9.52. The molecule has 1 aromatic heterocycles. The molecule has 1 aliphatic heterocycles. The van der Waals surface area contributed by atoms with Gasteiger partial charge in [-0.15, -0.1) is 11.3 Å². The van der Waals surface area contributed by atoms with Crippen molar-refractivity contribution >= 4 is 29.0 Å². The highest BCUT2D eigenvalue weighted by Gasteiger charge is 2.26. The molecule has 4 rings (SSSR count). The van der Waals surface area contributed by atoms with Gasteiger partial charge in [0.1, 0.15) is 23.1 Å². The smallest absolute Gasteiger partial charge is 0.350 e. The highest BCUT2D eigenvalue weighted by molar-refractivity contribution is 7.12. The quantitative estimate of drug-likeness (QED) is 0.451. The molecular formula is C26H27FN2O5S. The number of urea groups is 1. The summed E-state index contributed by atoms with van der Waals surface area (Å²) in [6, 6.07) is 13.5. The molecule has 0 bridgehead atoms. The molecule has 0 aliphatic carbocycles. The second-order valence-electron chi connectivity index (χ2n) is 8.61. The Morgan fingerprint density at radius 3 is 2.80 bits per heavy atom. The van der Waals surface area contributed by atoms with Gasteiger partial charge in [-0.25, -0.2) is 14.0 Å². The molecule has 1 aliphatic rings. The fourth-order valence-corrected chi connectivity index (χ4v) is 4.53. The number of ether oxygens (including phenoxy) is 3. The van der Waals surface area contributed by atoms with Gasteiger partial charge in [-0.2, -0.15) is 0 Å². The van der Waals surface area contributed by atoms with Crippen LogP contribution in [0.3, 0.4) is 0 Å². The van der Waals surface area contributed by atoms with E-state index in [0.29, 0.717) is 36.0 Å². The Labute approximate surface area is 207 Å². The molecule has 184 valence electrons. The molecule has 0 atom stereocenters. The third-order valence-corrected chi connectivity index (χ3v) is 6.68. The minimum Gasteiger partial charge on any atom is -0.491 e. The summed E-state index contributed by atoms with van der Waals surface area (Å²) in [5.74, 6) is -0.0914. The number of halogens is 1. The van der Waals surface area contributed by atoms with Crippen LogP contribution < -0.4 is 10.1 Å². The first-order valence-corrected chi connectivity index (χ1v) is 12.0. The summed E-state index contributed by atoms with van der Waals surface area (Å²) in [7, 11) is 1.30. The molecule has 1 N–H and O–H groups in total. The average Bonchev–Trinajstić information content (AvgIpc) is 3.19. The molecule has 0 radical (unpaired) electrons. The predicted molar refractivity (Wildman–Crippen MR) is 131 cm³/mol. The van der Waals surface area contributed by atoms with Gasteiger partial charge in [0, 0.05) is 5.56 Å². The number of hydrogen-bond donors (Lipinski definition) is 1. The number of carbonyl (C=O) groups is 2. The van der Waals surface area contributed by atoms with Gasteiger partial charge < -0.3 is 24.4 Å². The molecule has 2 aromatic carbocycles. The fourth-order valence-electron chi connectivity index (χ4n) is 3.77. The molecule has 7 nitrogen and oxygen atoms in total. The third-order valence-electron chi connectivity index (χ3n) is 5.79. The molecule has 0 fully saturated rings. The maximum absolute atomic E-state index is 13.5. The van der Waals surface area contributed by atoms with E-state index in [1.54, 1.807) is 22.4 Å². The summed E-state index contributed by atoms with van der Waals surface area (Å²) in [4.78, 5) is 26.9. The van der Waals surface area contributed by atoms with E-state index >= 15 is 0 Å². The number of nitrogens with one attached hydrogen (secondary N) is 1. The first-order valence-electron chi connectivity index (χ1n) is 11.1. The molecular weight excluding hydrogens is 471 g/mol. The first-order chi connectivity index (χ1) is 16.8. The maximum Gasteiger partial charge on any atom is 0.350 e. The van der Waals surface area contributed by atoms with E-state index in [9.17, 15) is 14.0 Å². The molecule has 2 heterocycles. The summed E-state index contributed by atoms with van der Waals surface area (Å²) in [6.45, 7) is 5.20. The topological polar surface area (TPSA) is 77.1 Å². The van der Waals surface area contributed by atoms with Crippen LogP contribution in [0.5, 0.6) is 5.75 Å². The van der Waals surface area contributed by atoms with Crippen molar-refractivity contribution in [1.82, 2.24) is 4.90 Å². The second kappa shape index (κ2) is 10.5. The van der Waals surface area contributed by atoms with Crippen LogP contribution in [0.1, 0.15) is 40.2 Å². The summed E-state index contributed by atoms with van der Waals surface area (Å²) in [5, 5.41) is 4.53. The number of amides is 2. The fraction of sp³-hybridized carbons (Fsp3) is 0.308. The summed E-state index contributed by atoms with van der Waals surface area (Å²) in [6.07, 6.45) is 0. The Hall–Kier alpha value is -3.43. The van der Waals surface area contributed by atoms with E-state index in [0.717, 1.165) is 16.7 Å². The number of esters is 1. The average molecular weight is 499 g/mol. The predicted octanol–water partition coefficient (Wildman–Crippen LogP) is 5.55. The molecule has 0 saturated carbocycles. The van der Waals surface area contributed by atoms with Crippen molar-refractivity contribution < 1.29 is 28.2 Å². The van der Waals surface area contributed by atoms with Crippen molar-refractivity contribution in [2.75, 3.05) is 25.6 Å². The van der Waals surface area contributed by atoms with Gasteiger partial charge in [0.25, 0.3) is 0 Å². The molecule has 35 heavy (non-hydrogen) atoms. The zero-order chi connectivity index (χ0) is 25.0. The number of rotatable bonds is 6. The van der Waals surface area contributed by atoms with Crippen molar-refractivity contribution in [2.24, 2.45) is 0 Å². The van der Waals surface area contributed by atoms with E-state index in [1.165, 1.54) is 30.6 Å². The summed E-state index contributed by atoms with van der Waals surface area (Å²) in [5.41, 5.74) is 2.25. The van der Waals surface area contributed by atoms with Gasteiger partial charge >= 0.3 is 12.0 Å². The van der Waals surface area contributed by atoms with Crippen LogP contribution in [0.15, 0.2) is 53.9 Å². The van der Waals surface area contributed by atoms with Crippen LogP contribution in [-0.2, 0) is 28.2 Å². The first kappa shape index (κ1) is 24.7. The number of benzene rings is 2. The van der Waals surface area contributed by atoms with E-state index in [1.807, 2.05) is 38.1 Å². The largest absolute Gasteiger partial charge is 0.491 e. The van der Waals surface area contributed by atoms with Crippen LogP contribution in [0.4, 0.5) is 14.9 Å². The number of methoxy groups -OCH3 is 1. The van der Waals surface area contributed by atoms with Gasteiger partial charge in [0.15, 0.2) is 0 Å². The van der Waals surface area contributed by atoms with Crippen molar-refractivity contribution in [1.29, 1.82) is 0 Å². The van der Waals surface area contributed by atoms with Crippen LogP contribution in [0.2, 0.25) is 0 Å². The standard InChI is InChI=1S/C26H27FN2O5S/c1-26(2,34-16-17-5-4-6-20(27)13-17)19-7-8-22-18(14-19)15-29(10-11-33-22)25(31)28-21-9-12-35-23(21)24(30)32-3/h4-9,12-14H,10-11,15-16H2,1-3H3,(H,28,31). The highest BCUT2D eigenvalue weighted by atomic mass is 32.1. The van der Waals surface area contributed by atoms with Gasteiger partial charge in [-0.3, -0.25) is 0 Å². The number of carbonyl (C=O) groups excluding carboxylic acids is 2.